The van der Waals surface area contributed by atoms with Gasteiger partial charge in [0.05, 0.1) is 11.1 Å². The van der Waals surface area contributed by atoms with E-state index in [4.69, 9.17) is 10.9 Å². The van der Waals surface area contributed by atoms with Crippen molar-refractivity contribution in [3.8, 4) is 0 Å². The van der Waals surface area contributed by atoms with E-state index in [9.17, 15) is 18.0 Å². The molecule has 1 aromatic rings. The van der Waals surface area contributed by atoms with Gasteiger partial charge in [0, 0.05) is 0 Å². The second-order valence-electron chi connectivity index (χ2n) is 4.29. The van der Waals surface area contributed by atoms with Gasteiger partial charge >= 0.3 is 0 Å². The fourth-order valence-corrected chi connectivity index (χ4v) is 1.24. The lowest BCUT2D eigenvalue weighted by Crippen LogP contribution is -2.53. The maximum absolute atomic E-state index is 13.4. The van der Waals surface area contributed by atoms with Crippen LogP contribution in [0.25, 0.3) is 0 Å². The Labute approximate surface area is 106 Å². The van der Waals surface area contributed by atoms with E-state index in [1.165, 1.54) is 13.8 Å². The Morgan fingerprint density at radius 1 is 1.32 bits per heavy atom. The molecular formula is C11H12F3N3O2. The standard InChI is InChI=1S/C11H12F3N3O2/c1-11(2,10(15)17-19)16-9(18)5-3-4-6(12)8(14)7(5)13/h3-4,19H,1-2H3,(H2,15,17)(H,16,18). The zero-order chi connectivity index (χ0) is 14.8. The summed E-state index contributed by atoms with van der Waals surface area (Å²) in [5.41, 5.74) is 3.36. The lowest BCUT2D eigenvalue weighted by molar-refractivity contribution is 0.0925. The predicted octanol–water partition coefficient (Wildman–Crippen LogP) is 1.36. The van der Waals surface area contributed by atoms with Gasteiger partial charge in [-0.3, -0.25) is 4.79 Å². The molecule has 0 aliphatic carbocycles. The van der Waals surface area contributed by atoms with Gasteiger partial charge in [-0.05, 0) is 26.0 Å². The molecule has 0 spiro atoms. The normalized spacial score (nSPS) is 12.4. The zero-order valence-electron chi connectivity index (χ0n) is 10.2. The van der Waals surface area contributed by atoms with Gasteiger partial charge in [0.15, 0.2) is 23.3 Å². The van der Waals surface area contributed by atoms with Gasteiger partial charge in [-0.15, -0.1) is 0 Å². The molecule has 1 rings (SSSR count). The first-order chi connectivity index (χ1) is 8.70. The van der Waals surface area contributed by atoms with E-state index in [1.807, 2.05) is 0 Å². The summed E-state index contributed by atoms with van der Waals surface area (Å²) in [4.78, 5) is 11.7. The fraction of sp³-hybridized carbons (Fsp3) is 0.273. The fourth-order valence-electron chi connectivity index (χ4n) is 1.24. The first-order valence-electron chi connectivity index (χ1n) is 5.14. The number of hydrogen-bond acceptors (Lipinski definition) is 3. The van der Waals surface area contributed by atoms with Gasteiger partial charge in [0.1, 0.15) is 0 Å². The maximum Gasteiger partial charge on any atom is 0.255 e. The molecule has 0 saturated carbocycles. The molecule has 0 bridgehead atoms. The van der Waals surface area contributed by atoms with Crippen LogP contribution in [-0.4, -0.2) is 22.5 Å². The Morgan fingerprint density at radius 3 is 2.42 bits per heavy atom. The molecule has 0 unspecified atom stereocenters. The smallest absolute Gasteiger partial charge is 0.255 e. The third kappa shape index (κ3) is 2.95. The highest BCUT2D eigenvalue weighted by Gasteiger charge is 2.28. The summed E-state index contributed by atoms with van der Waals surface area (Å²) in [6, 6.07) is 1.43. The molecular weight excluding hydrogens is 263 g/mol. The Hall–Kier alpha value is -2.25. The molecule has 5 nitrogen and oxygen atoms in total. The number of nitrogens with two attached hydrogens (primary N) is 1. The number of hydrogen-bond donors (Lipinski definition) is 3. The second kappa shape index (κ2) is 5.17. The van der Waals surface area contributed by atoms with Gasteiger partial charge in [-0.25, -0.2) is 13.2 Å². The Morgan fingerprint density at radius 2 is 1.89 bits per heavy atom. The van der Waals surface area contributed by atoms with Crippen LogP contribution in [0.2, 0.25) is 0 Å². The minimum Gasteiger partial charge on any atom is -0.409 e. The van der Waals surface area contributed by atoms with Crippen LogP contribution >= 0.6 is 0 Å². The van der Waals surface area contributed by atoms with Crippen molar-refractivity contribution in [1.82, 2.24) is 5.32 Å². The summed E-state index contributed by atoms with van der Waals surface area (Å²) in [6.07, 6.45) is 0. The molecule has 0 radical (unpaired) electrons. The molecule has 1 amide bonds. The van der Waals surface area contributed by atoms with Gasteiger partial charge in [0.2, 0.25) is 0 Å². The number of carbonyl (C=O) groups excluding carboxylic acids is 1. The van der Waals surface area contributed by atoms with Crippen molar-refractivity contribution in [2.24, 2.45) is 10.9 Å². The minimum absolute atomic E-state index is 0.330. The van der Waals surface area contributed by atoms with E-state index in [-0.39, 0.29) is 5.84 Å². The van der Waals surface area contributed by atoms with Crippen molar-refractivity contribution in [2.45, 2.75) is 19.4 Å². The number of rotatable bonds is 3. The molecule has 8 heteroatoms. The first kappa shape index (κ1) is 14.8. The molecule has 0 heterocycles. The molecule has 4 N–H and O–H groups in total. The maximum atomic E-state index is 13.4. The third-order valence-electron chi connectivity index (χ3n) is 2.45. The lowest BCUT2D eigenvalue weighted by Gasteiger charge is -2.24. The van der Waals surface area contributed by atoms with Crippen LogP contribution in [0.3, 0.4) is 0 Å². The summed E-state index contributed by atoms with van der Waals surface area (Å²) in [7, 11) is 0. The highest BCUT2D eigenvalue weighted by Crippen LogP contribution is 2.16. The number of oxime groups is 1. The highest BCUT2D eigenvalue weighted by molar-refractivity contribution is 6.00. The molecule has 0 aliphatic heterocycles. The minimum atomic E-state index is -1.74. The molecule has 0 aromatic heterocycles. The van der Waals surface area contributed by atoms with Crippen molar-refractivity contribution in [1.29, 1.82) is 0 Å². The van der Waals surface area contributed by atoms with Crippen molar-refractivity contribution < 1.29 is 23.2 Å². The summed E-state index contributed by atoms with van der Waals surface area (Å²) >= 11 is 0. The van der Waals surface area contributed by atoms with E-state index >= 15 is 0 Å². The third-order valence-corrected chi connectivity index (χ3v) is 2.45. The number of carbonyl (C=O) groups is 1. The molecule has 0 atom stereocenters. The van der Waals surface area contributed by atoms with Gasteiger partial charge in [-0.2, -0.15) is 0 Å². The lowest BCUT2D eigenvalue weighted by atomic mass is 10.0. The topological polar surface area (TPSA) is 87.7 Å². The highest BCUT2D eigenvalue weighted by atomic mass is 19.2. The second-order valence-corrected chi connectivity index (χ2v) is 4.29. The van der Waals surface area contributed by atoms with E-state index < -0.39 is 34.5 Å². The van der Waals surface area contributed by atoms with Gasteiger partial charge in [0.25, 0.3) is 5.91 Å². The zero-order valence-corrected chi connectivity index (χ0v) is 10.2. The predicted molar refractivity (Wildman–Crippen MR) is 61.3 cm³/mol. The van der Waals surface area contributed by atoms with Gasteiger partial charge in [-0.1, -0.05) is 5.16 Å². The van der Waals surface area contributed by atoms with E-state index in [1.54, 1.807) is 0 Å². The quantitative estimate of drug-likeness (QED) is 0.256. The molecule has 1 aromatic carbocycles. The number of halogens is 3. The van der Waals surface area contributed by atoms with Gasteiger partial charge < -0.3 is 16.3 Å². The van der Waals surface area contributed by atoms with Crippen molar-refractivity contribution >= 4 is 11.7 Å². The van der Waals surface area contributed by atoms with Crippen LogP contribution in [0.15, 0.2) is 17.3 Å². The monoisotopic (exact) mass is 275 g/mol. The van der Waals surface area contributed by atoms with Crippen LogP contribution in [0.1, 0.15) is 24.2 Å². The average Bonchev–Trinajstić information content (AvgIpc) is 2.34. The van der Waals surface area contributed by atoms with Crippen LogP contribution in [0.5, 0.6) is 0 Å². The van der Waals surface area contributed by atoms with Crippen molar-refractivity contribution in [3.63, 3.8) is 0 Å². The molecule has 104 valence electrons. The van der Waals surface area contributed by atoms with E-state index in [0.717, 1.165) is 6.07 Å². The van der Waals surface area contributed by atoms with Crippen molar-refractivity contribution in [3.05, 3.63) is 35.1 Å². The van der Waals surface area contributed by atoms with Crippen LogP contribution in [0.4, 0.5) is 13.2 Å². The Bertz CT molecular complexity index is 544. The summed E-state index contributed by atoms with van der Waals surface area (Å²) in [5, 5.41) is 13.5. The summed E-state index contributed by atoms with van der Waals surface area (Å²) in [5.74, 6) is -6.09. The number of amidine groups is 1. The molecule has 0 fully saturated rings. The first-order valence-corrected chi connectivity index (χ1v) is 5.14. The van der Waals surface area contributed by atoms with Crippen LogP contribution in [-0.2, 0) is 0 Å². The summed E-state index contributed by atoms with van der Waals surface area (Å²) in [6.45, 7) is 2.77. The number of amides is 1. The number of benzene rings is 1. The Kier molecular flexibility index (Phi) is 4.03. The molecule has 0 saturated heterocycles. The van der Waals surface area contributed by atoms with E-state index in [2.05, 4.69) is 10.5 Å². The average molecular weight is 275 g/mol. The van der Waals surface area contributed by atoms with Crippen molar-refractivity contribution in [2.75, 3.05) is 0 Å². The van der Waals surface area contributed by atoms with Crippen LogP contribution < -0.4 is 11.1 Å². The summed E-state index contributed by atoms with van der Waals surface area (Å²) < 4.78 is 39.1. The van der Waals surface area contributed by atoms with E-state index in [0.29, 0.717) is 6.07 Å². The SMILES string of the molecule is CC(C)(NC(=O)c1ccc(F)c(F)c1F)C(N)=NO. The Balaban J connectivity index is 3.07. The number of nitrogens with one attached hydrogen (secondary N) is 1. The molecule has 0 aliphatic rings. The largest absolute Gasteiger partial charge is 0.409 e. The van der Waals surface area contributed by atoms with Crippen LogP contribution in [0, 0.1) is 17.5 Å². The molecule has 19 heavy (non-hydrogen) atoms. The number of nitrogens with zero attached hydrogens (tertiary/aromatic N) is 1.